The first-order valence-electron chi connectivity index (χ1n) is 9.48. The minimum absolute atomic E-state index is 0.161. The summed E-state index contributed by atoms with van der Waals surface area (Å²) in [6.45, 7) is 1.29. The summed E-state index contributed by atoms with van der Waals surface area (Å²) in [5, 5.41) is 6.74. The van der Waals surface area contributed by atoms with Gasteiger partial charge in [-0.25, -0.2) is 8.42 Å². The van der Waals surface area contributed by atoms with Gasteiger partial charge >= 0.3 is 0 Å². The first kappa shape index (κ1) is 20.2. The normalized spacial score (nSPS) is 16.1. The molecule has 1 fully saturated rings. The molecule has 2 aromatic rings. The van der Waals surface area contributed by atoms with Crippen LogP contribution in [0.4, 0.5) is 5.69 Å². The largest absolute Gasteiger partial charge is 0.356 e. The summed E-state index contributed by atoms with van der Waals surface area (Å²) in [6, 6.07) is 18.0. The van der Waals surface area contributed by atoms with Crippen molar-refractivity contribution in [1.29, 1.82) is 0 Å². The molecular formula is C21H28N4O2S. The molecule has 0 heterocycles. The van der Waals surface area contributed by atoms with Crippen LogP contribution in [-0.4, -0.2) is 34.2 Å². The zero-order valence-electron chi connectivity index (χ0n) is 16.4. The first-order valence-corrected chi connectivity index (χ1v) is 11.4. The third-order valence-electron chi connectivity index (χ3n) is 5.27. The van der Waals surface area contributed by atoms with Crippen LogP contribution in [0.15, 0.2) is 59.6 Å². The molecule has 0 amide bonds. The number of anilines is 1. The van der Waals surface area contributed by atoms with Crippen molar-refractivity contribution in [3.8, 4) is 0 Å². The average Bonchev–Trinajstić information content (AvgIpc) is 2.64. The van der Waals surface area contributed by atoms with Crippen LogP contribution in [0.1, 0.15) is 30.4 Å². The van der Waals surface area contributed by atoms with Gasteiger partial charge in [-0.3, -0.25) is 9.71 Å². The second kappa shape index (κ2) is 8.65. The molecule has 1 saturated carbocycles. The molecule has 0 spiro atoms. The third-order valence-corrected chi connectivity index (χ3v) is 5.86. The molecule has 3 rings (SSSR count). The highest BCUT2D eigenvalue weighted by Crippen LogP contribution is 2.43. The quantitative estimate of drug-likeness (QED) is 0.493. The number of para-hydroxylation sites is 1. The Balaban J connectivity index is 1.62. The van der Waals surface area contributed by atoms with Crippen molar-refractivity contribution in [2.24, 2.45) is 4.99 Å². The Bertz CT molecular complexity index is 922. The van der Waals surface area contributed by atoms with E-state index in [-0.39, 0.29) is 5.41 Å². The molecule has 3 N–H and O–H groups in total. The van der Waals surface area contributed by atoms with E-state index in [4.69, 9.17) is 0 Å². The molecule has 28 heavy (non-hydrogen) atoms. The maximum atomic E-state index is 11.6. The lowest BCUT2D eigenvalue weighted by molar-refractivity contribution is 0.244. The lowest BCUT2D eigenvalue weighted by Crippen LogP contribution is -2.48. The molecule has 0 bridgehead atoms. The maximum absolute atomic E-state index is 11.6. The van der Waals surface area contributed by atoms with Crippen molar-refractivity contribution in [1.82, 2.24) is 10.6 Å². The molecule has 1 aliphatic carbocycles. The topological polar surface area (TPSA) is 82.6 Å². The Hall–Kier alpha value is -2.54. The van der Waals surface area contributed by atoms with Gasteiger partial charge < -0.3 is 10.6 Å². The van der Waals surface area contributed by atoms with Gasteiger partial charge in [-0.1, -0.05) is 55.0 Å². The molecule has 7 heteroatoms. The number of benzene rings is 2. The second-order valence-electron chi connectivity index (χ2n) is 7.31. The van der Waals surface area contributed by atoms with Crippen molar-refractivity contribution in [3.05, 3.63) is 65.7 Å². The van der Waals surface area contributed by atoms with E-state index >= 15 is 0 Å². The van der Waals surface area contributed by atoms with E-state index in [9.17, 15) is 8.42 Å². The molecule has 6 nitrogen and oxygen atoms in total. The highest BCUT2D eigenvalue weighted by Gasteiger charge is 2.38. The van der Waals surface area contributed by atoms with Crippen LogP contribution in [0.3, 0.4) is 0 Å². The molecule has 0 atom stereocenters. The first-order chi connectivity index (χ1) is 13.4. The second-order valence-corrected chi connectivity index (χ2v) is 9.06. The van der Waals surface area contributed by atoms with Crippen LogP contribution >= 0.6 is 0 Å². The van der Waals surface area contributed by atoms with E-state index < -0.39 is 10.0 Å². The highest BCUT2D eigenvalue weighted by atomic mass is 32.2. The van der Waals surface area contributed by atoms with Gasteiger partial charge in [-0.15, -0.1) is 0 Å². The van der Waals surface area contributed by atoms with Gasteiger partial charge in [0, 0.05) is 25.6 Å². The molecular weight excluding hydrogens is 372 g/mol. The van der Waals surface area contributed by atoms with Crippen LogP contribution in [0.5, 0.6) is 0 Å². The summed E-state index contributed by atoms with van der Waals surface area (Å²) < 4.78 is 25.7. The molecule has 0 aromatic heterocycles. The molecule has 1 aliphatic rings. The number of hydrogen-bond acceptors (Lipinski definition) is 3. The zero-order valence-corrected chi connectivity index (χ0v) is 17.2. The Labute approximate surface area is 167 Å². The fraction of sp³-hybridized carbons (Fsp3) is 0.381. The smallest absolute Gasteiger partial charge is 0.229 e. The summed E-state index contributed by atoms with van der Waals surface area (Å²) in [4.78, 5) is 4.32. The van der Waals surface area contributed by atoms with E-state index in [1.807, 2.05) is 24.3 Å². The number of rotatable bonds is 7. The van der Waals surface area contributed by atoms with Crippen LogP contribution in [0.2, 0.25) is 0 Å². The summed E-state index contributed by atoms with van der Waals surface area (Å²) >= 11 is 0. The van der Waals surface area contributed by atoms with Gasteiger partial charge in [-0.2, -0.15) is 0 Å². The minimum Gasteiger partial charge on any atom is -0.356 e. The third kappa shape index (κ3) is 5.04. The molecule has 0 radical (unpaired) electrons. The Morgan fingerprint density at radius 2 is 1.71 bits per heavy atom. The monoisotopic (exact) mass is 400 g/mol. The van der Waals surface area contributed by atoms with E-state index in [0.29, 0.717) is 18.2 Å². The summed E-state index contributed by atoms with van der Waals surface area (Å²) in [6.07, 6.45) is 4.73. The molecule has 150 valence electrons. The number of nitrogens with one attached hydrogen (secondary N) is 3. The van der Waals surface area contributed by atoms with Gasteiger partial charge in [0.25, 0.3) is 0 Å². The number of aliphatic imine (C=N–C) groups is 1. The molecule has 2 aromatic carbocycles. The van der Waals surface area contributed by atoms with Crippen molar-refractivity contribution in [3.63, 3.8) is 0 Å². The average molecular weight is 401 g/mol. The van der Waals surface area contributed by atoms with Gasteiger partial charge in [0.05, 0.1) is 11.9 Å². The van der Waals surface area contributed by atoms with Crippen molar-refractivity contribution < 1.29 is 8.42 Å². The SMILES string of the molecule is CN=C(NCc1ccccc1NS(C)(=O)=O)NCC1(c2ccccc2)CCC1. The summed E-state index contributed by atoms with van der Waals surface area (Å²) in [5.74, 6) is 0.705. The van der Waals surface area contributed by atoms with Crippen molar-refractivity contribution >= 4 is 21.7 Å². The predicted molar refractivity (Wildman–Crippen MR) is 115 cm³/mol. The van der Waals surface area contributed by atoms with Gasteiger partial charge in [-0.05, 0) is 30.0 Å². The standard InChI is InChI=1S/C21H28N4O2S/c1-22-20(23-15-17-9-6-7-12-19(17)25-28(2,26)27)24-16-21(13-8-14-21)18-10-4-3-5-11-18/h3-7,9-12,25H,8,13-16H2,1-2H3,(H2,22,23,24). The van der Waals surface area contributed by atoms with Crippen LogP contribution in [-0.2, 0) is 22.0 Å². The van der Waals surface area contributed by atoms with Crippen LogP contribution in [0.25, 0.3) is 0 Å². The molecule has 0 unspecified atom stereocenters. The van der Waals surface area contributed by atoms with E-state index in [2.05, 4.69) is 44.6 Å². The molecule has 0 saturated heterocycles. The van der Waals surface area contributed by atoms with Crippen LogP contribution < -0.4 is 15.4 Å². The Morgan fingerprint density at radius 1 is 1.04 bits per heavy atom. The van der Waals surface area contributed by atoms with E-state index in [0.717, 1.165) is 18.4 Å². The number of guanidine groups is 1. The van der Waals surface area contributed by atoms with Gasteiger partial charge in [0.2, 0.25) is 10.0 Å². The lowest BCUT2D eigenvalue weighted by atomic mass is 9.64. The Morgan fingerprint density at radius 3 is 2.32 bits per heavy atom. The predicted octanol–water partition coefficient (Wildman–Crippen LogP) is 2.85. The van der Waals surface area contributed by atoms with E-state index in [1.165, 1.54) is 24.8 Å². The van der Waals surface area contributed by atoms with Crippen LogP contribution in [0, 0.1) is 0 Å². The van der Waals surface area contributed by atoms with Gasteiger partial charge in [0.1, 0.15) is 0 Å². The van der Waals surface area contributed by atoms with Crippen molar-refractivity contribution in [2.75, 3.05) is 24.6 Å². The maximum Gasteiger partial charge on any atom is 0.229 e. The fourth-order valence-corrected chi connectivity index (χ4v) is 4.19. The van der Waals surface area contributed by atoms with Gasteiger partial charge in [0.15, 0.2) is 5.96 Å². The summed E-state index contributed by atoms with van der Waals surface area (Å²) in [7, 11) is -1.58. The van der Waals surface area contributed by atoms with E-state index in [1.54, 1.807) is 13.1 Å². The fourth-order valence-electron chi connectivity index (χ4n) is 3.59. The lowest BCUT2D eigenvalue weighted by Gasteiger charge is -2.43. The molecule has 0 aliphatic heterocycles. The number of sulfonamides is 1. The zero-order chi connectivity index (χ0) is 20.0. The summed E-state index contributed by atoms with van der Waals surface area (Å²) in [5.41, 5.74) is 2.96. The van der Waals surface area contributed by atoms with Crippen molar-refractivity contribution in [2.45, 2.75) is 31.2 Å². The number of nitrogens with zero attached hydrogens (tertiary/aromatic N) is 1. The number of hydrogen-bond donors (Lipinski definition) is 3. The highest BCUT2D eigenvalue weighted by molar-refractivity contribution is 7.92. The minimum atomic E-state index is -3.32. The Kier molecular flexibility index (Phi) is 6.24.